The van der Waals surface area contributed by atoms with Gasteiger partial charge in [0.2, 0.25) is 5.91 Å². The van der Waals surface area contributed by atoms with Gasteiger partial charge in [0.15, 0.2) is 0 Å². The Morgan fingerprint density at radius 2 is 1.77 bits per heavy atom. The van der Waals surface area contributed by atoms with Crippen LogP contribution in [0.1, 0.15) is 11.3 Å². The summed E-state index contributed by atoms with van der Waals surface area (Å²) in [5.41, 5.74) is 2.95. The molecule has 1 aromatic heterocycles. The molecule has 5 heteroatoms. The SMILES string of the molecule is Cc1ccc(SCC(=O)N(Cc2ccccn2)c2ccc(Br)cc2)cc1. The normalized spacial score (nSPS) is 10.5. The first-order valence-electron chi connectivity index (χ1n) is 8.27. The van der Waals surface area contributed by atoms with E-state index in [-0.39, 0.29) is 5.91 Å². The van der Waals surface area contributed by atoms with Crippen molar-refractivity contribution in [3.05, 3.63) is 88.7 Å². The van der Waals surface area contributed by atoms with Crippen LogP contribution in [0.15, 0.2) is 82.3 Å². The lowest BCUT2D eigenvalue weighted by Gasteiger charge is -2.22. The van der Waals surface area contributed by atoms with Crippen LogP contribution in [-0.4, -0.2) is 16.6 Å². The zero-order chi connectivity index (χ0) is 18.4. The summed E-state index contributed by atoms with van der Waals surface area (Å²) in [6.07, 6.45) is 1.75. The first-order valence-corrected chi connectivity index (χ1v) is 10.0. The van der Waals surface area contributed by atoms with E-state index in [9.17, 15) is 4.79 Å². The maximum atomic E-state index is 12.9. The molecule has 0 spiro atoms. The molecule has 0 aliphatic heterocycles. The first-order chi connectivity index (χ1) is 12.6. The second-order valence-electron chi connectivity index (χ2n) is 5.88. The van der Waals surface area contributed by atoms with E-state index < -0.39 is 0 Å². The van der Waals surface area contributed by atoms with Gasteiger partial charge in [0.05, 0.1) is 18.0 Å². The zero-order valence-electron chi connectivity index (χ0n) is 14.4. The van der Waals surface area contributed by atoms with Crippen molar-refractivity contribution in [3.8, 4) is 0 Å². The van der Waals surface area contributed by atoms with Crippen LogP contribution in [0, 0.1) is 6.92 Å². The minimum Gasteiger partial charge on any atom is -0.306 e. The molecule has 1 heterocycles. The van der Waals surface area contributed by atoms with Crippen molar-refractivity contribution in [3.63, 3.8) is 0 Å². The molecule has 0 N–H and O–H groups in total. The summed E-state index contributed by atoms with van der Waals surface area (Å²) in [4.78, 5) is 20.2. The van der Waals surface area contributed by atoms with E-state index in [1.165, 1.54) is 5.56 Å². The number of carbonyl (C=O) groups excluding carboxylic acids is 1. The molecule has 0 atom stereocenters. The number of anilines is 1. The number of hydrogen-bond donors (Lipinski definition) is 0. The van der Waals surface area contributed by atoms with Gasteiger partial charge in [-0.1, -0.05) is 39.7 Å². The molecular formula is C21H19BrN2OS. The Balaban J connectivity index is 1.76. The highest BCUT2D eigenvalue weighted by Crippen LogP contribution is 2.24. The fourth-order valence-electron chi connectivity index (χ4n) is 2.46. The van der Waals surface area contributed by atoms with Gasteiger partial charge in [-0.05, 0) is 55.5 Å². The smallest absolute Gasteiger partial charge is 0.237 e. The summed E-state index contributed by atoms with van der Waals surface area (Å²) in [5, 5.41) is 0. The number of nitrogens with zero attached hydrogens (tertiary/aromatic N) is 2. The van der Waals surface area contributed by atoms with Crippen LogP contribution in [0.25, 0.3) is 0 Å². The summed E-state index contributed by atoms with van der Waals surface area (Å²) in [7, 11) is 0. The summed E-state index contributed by atoms with van der Waals surface area (Å²) in [5.74, 6) is 0.440. The molecule has 0 unspecified atom stereocenters. The fraction of sp³-hybridized carbons (Fsp3) is 0.143. The van der Waals surface area contributed by atoms with Crippen molar-refractivity contribution in [2.24, 2.45) is 0 Å². The number of hydrogen-bond acceptors (Lipinski definition) is 3. The maximum absolute atomic E-state index is 12.9. The van der Waals surface area contributed by atoms with Crippen LogP contribution in [0.4, 0.5) is 5.69 Å². The highest BCUT2D eigenvalue weighted by molar-refractivity contribution is 9.10. The Labute approximate surface area is 166 Å². The summed E-state index contributed by atoms with van der Waals surface area (Å²) in [6, 6.07) is 21.8. The van der Waals surface area contributed by atoms with E-state index in [4.69, 9.17) is 0 Å². The third kappa shape index (κ3) is 5.19. The molecule has 2 aromatic carbocycles. The monoisotopic (exact) mass is 426 g/mol. The molecule has 0 radical (unpaired) electrons. The number of aromatic nitrogens is 1. The van der Waals surface area contributed by atoms with Crippen LogP contribution in [0.2, 0.25) is 0 Å². The van der Waals surface area contributed by atoms with Gasteiger partial charge >= 0.3 is 0 Å². The lowest BCUT2D eigenvalue weighted by Crippen LogP contribution is -2.32. The molecule has 0 fully saturated rings. The molecule has 0 aliphatic carbocycles. The molecule has 0 saturated carbocycles. The number of carbonyl (C=O) groups is 1. The minimum absolute atomic E-state index is 0.0588. The number of thioether (sulfide) groups is 1. The second-order valence-corrected chi connectivity index (χ2v) is 7.84. The van der Waals surface area contributed by atoms with Gasteiger partial charge in [-0.2, -0.15) is 0 Å². The lowest BCUT2D eigenvalue weighted by atomic mass is 10.2. The number of amides is 1. The number of rotatable bonds is 6. The van der Waals surface area contributed by atoms with Crippen molar-refractivity contribution in [2.75, 3.05) is 10.7 Å². The molecule has 3 nitrogen and oxygen atoms in total. The Morgan fingerprint density at radius 3 is 2.42 bits per heavy atom. The van der Waals surface area contributed by atoms with Gasteiger partial charge in [-0.3, -0.25) is 9.78 Å². The van der Waals surface area contributed by atoms with Crippen molar-refractivity contribution < 1.29 is 4.79 Å². The quantitative estimate of drug-likeness (QED) is 0.489. The van der Waals surface area contributed by atoms with Gasteiger partial charge in [0, 0.05) is 21.3 Å². The van der Waals surface area contributed by atoms with Crippen LogP contribution in [-0.2, 0) is 11.3 Å². The van der Waals surface area contributed by atoms with Crippen molar-refractivity contribution in [1.29, 1.82) is 0 Å². The van der Waals surface area contributed by atoms with E-state index in [0.29, 0.717) is 12.3 Å². The van der Waals surface area contributed by atoms with Crippen molar-refractivity contribution >= 4 is 39.3 Å². The van der Waals surface area contributed by atoms with Gasteiger partial charge < -0.3 is 4.90 Å². The fourth-order valence-corrected chi connectivity index (χ4v) is 3.49. The van der Waals surface area contributed by atoms with Gasteiger partial charge in [0.25, 0.3) is 0 Å². The van der Waals surface area contributed by atoms with E-state index in [0.717, 1.165) is 20.7 Å². The van der Waals surface area contributed by atoms with E-state index >= 15 is 0 Å². The van der Waals surface area contributed by atoms with E-state index in [2.05, 4.69) is 52.1 Å². The van der Waals surface area contributed by atoms with Crippen molar-refractivity contribution in [1.82, 2.24) is 4.98 Å². The average Bonchev–Trinajstić information content (AvgIpc) is 2.67. The summed E-state index contributed by atoms with van der Waals surface area (Å²) >= 11 is 5.00. The van der Waals surface area contributed by atoms with Crippen LogP contribution < -0.4 is 4.90 Å². The Bertz CT molecular complexity index is 851. The highest BCUT2D eigenvalue weighted by atomic mass is 79.9. The third-order valence-corrected chi connectivity index (χ3v) is 5.39. The van der Waals surface area contributed by atoms with Gasteiger partial charge in [-0.25, -0.2) is 0 Å². The topological polar surface area (TPSA) is 33.2 Å². The molecule has 3 rings (SSSR count). The Hall–Kier alpha value is -2.11. The predicted molar refractivity (Wildman–Crippen MR) is 111 cm³/mol. The van der Waals surface area contributed by atoms with Crippen molar-refractivity contribution in [2.45, 2.75) is 18.4 Å². The summed E-state index contributed by atoms with van der Waals surface area (Å²) < 4.78 is 0.987. The molecule has 0 bridgehead atoms. The predicted octanol–water partition coefficient (Wildman–Crippen LogP) is 5.48. The molecular weight excluding hydrogens is 408 g/mol. The molecule has 3 aromatic rings. The number of halogens is 1. The highest BCUT2D eigenvalue weighted by Gasteiger charge is 2.17. The van der Waals surface area contributed by atoms with Gasteiger partial charge in [-0.15, -0.1) is 11.8 Å². The Kier molecular flexibility index (Phi) is 6.47. The zero-order valence-corrected chi connectivity index (χ0v) is 16.8. The third-order valence-electron chi connectivity index (χ3n) is 3.87. The molecule has 0 aliphatic rings. The Morgan fingerprint density at radius 1 is 1.04 bits per heavy atom. The maximum Gasteiger partial charge on any atom is 0.237 e. The average molecular weight is 427 g/mol. The first kappa shape index (κ1) is 18.7. The molecule has 1 amide bonds. The molecule has 26 heavy (non-hydrogen) atoms. The lowest BCUT2D eigenvalue weighted by molar-refractivity contribution is -0.116. The molecule has 132 valence electrons. The second kappa shape index (κ2) is 9.01. The van der Waals surface area contributed by atoms with Crippen LogP contribution in [0.5, 0.6) is 0 Å². The number of aryl methyl sites for hydroxylation is 1. The molecule has 0 saturated heterocycles. The standard InChI is InChI=1S/C21H19BrN2OS/c1-16-5-11-20(12-6-16)26-15-21(25)24(14-18-4-2-3-13-23-18)19-9-7-17(22)8-10-19/h2-13H,14-15H2,1H3. The van der Waals surface area contributed by atoms with Crippen LogP contribution >= 0.6 is 27.7 Å². The minimum atomic E-state index is 0.0588. The largest absolute Gasteiger partial charge is 0.306 e. The van der Waals surface area contributed by atoms with E-state index in [1.54, 1.807) is 22.9 Å². The van der Waals surface area contributed by atoms with E-state index in [1.807, 2.05) is 42.5 Å². The van der Waals surface area contributed by atoms with Gasteiger partial charge in [0.1, 0.15) is 0 Å². The summed E-state index contributed by atoms with van der Waals surface area (Å²) in [6.45, 7) is 2.51. The van der Waals surface area contributed by atoms with Crippen LogP contribution in [0.3, 0.4) is 0 Å². The number of benzene rings is 2. The number of pyridine rings is 1.